The molecule has 0 aliphatic heterocycles. The summed E-state index contributed by atoms with van der Waals surface area (Å²) in [5.41, 5.74) is 1.01. The average Bonchev–Trinajstić information content (AvgIpc) is 2.15. The number of carbonyl (C=O) groups is 1. The first-order chi connectivity index (χ1) is 6.52. The summed E-state index contributed by atoms with van der Waals surface area (Å²) < 4.78 is 0. The van der Waals surface area contributed by atoms with Gasteiger partial charge in [0, 0.05) is 5.92 Å². The Kier molecular flexibility index (Phi) is 3.28. The van der Waals surface area contributed by atoms with E-state index in [9.17, 15) is 9.90 Å². The zero-order valence-corrected chi connectivity index (χ0v) is 8.82. The van der Waals surface area contributed by atoms with Gasteiger partial charge in [-0.15, -0.1) is 0 Å². The lowest BCUT2D eigenvalue weighted by Crippen LogP contribution is -2.14. The maximum Gasteiger partial charge on any atom is 0.133 e. The molecule has 0 radical (unpaired) electrons. The maximum atomic E-state index is 11.2. The van der Waals surface area contributed by atoms with Crippen LogP contribution in [0.15, 0.2) is 24.3 Å². The van der Waals surface area contributed by atoms with Crippen molar-refractivity contribution in [1.29, 1.82) is 0 Å². The third kappa shape index (κ3) is 2.34. The Balaban J connectivity index is 2.89. The van der Waals surface area contributed by atoms with Crippen molar-refractivity contribution in [2.45, 2.75) is 26.7 Å². The predicted molar refractivity (Wildman–Crippen MR) is 56.4 cm³/mol. The Hall–Kier alpha value is -1.31. The first-order valence-corrected chi connectivity index (χ1v) is 4.81. The molecule has 0 saturated heterocycles. The largest absolute Gasteiger partial charge is 0.508 e. The van der Waals surface area contributed by atoms with Crippen molar-refractivity contribution < 1.29 is 9.90 Å². The van der Waals surface area contributed by atoms with E-state index in [2.05, 4.69) is 0 Å². The first kappa shape index (κ1) is 10.8. The quantitative estimate of drug-likeness (QED) is 0.799. The Morgan fingerprint density at radius 1 is 1.36 bits per heavy atom. The highest BCUT2D eigenvalue weighted by Crippen LogP contribution is 2.26. The first-order valence-electron chi connectivity index (χ1n) is 4.81. The molecule has 2 heteroatoms. The molecule has 2 unspecified atom stereocenters. The van der Waals surface area contributed by atoms with Gasteiger partial charge in [0.05, 0.1) is 0 Å². The van der Waals surface area contributed by atoms with E-state index in [-0.39, 0.29) is 23.4 Å². The minimum absolute atomic E-state index is 0.00296. The van der Waals surface area contributed by atoms with E-state index in [0.717, 1.165) is 5.56 Å². The van der Waals surface area contributed by atoms with Gasteiger partial charge in [-0.3, -0.25) is 4.79 Å². The van der Waals surface area contributed by atoms with Crippen LogP contribution >= 0.6 is 0 Å². The number of hydrogen-bond donors (Lipinski definition) is 1. The summed E-state index contributed by atoms with van der Waals surface area (Å²) in [5.74, 6) is 0.586. The lowest BCUT2D eigenvalue weighted by atomic mass is 9.86. The Labute approximate surface area is 84.6 Å². The molecule has 0 aromatic heterocycles. The van der Waals surface area contributed by atoms with Gasteiger partial charge in [0.2, 0.25) is 0 Å². The number of phenolic OH excluding ortho intramolecular Hbond substituents is 1. The van der Waals surface area contributed by atoms with E-state index in [1.54, 1.807) is 25.1 Å². The summed E-state index contributed by atoms with van der Waals surface area (Å²) in [5, 5.41) is 9.30. The summed E-state index contributed by atoms with van der Waals surface area (Å²) in [6.07, 6.45) is 0. The molecule has 1 aromatic rings. The standard InChI is InChI=1S/C12H16O2/c1-8(10(3)13)9(2)11-5-4-6-12(14)7-11/h4-9,14H,1-3H3. The van der Waals surface area contributed by atoms with Crippen LogP contribution in [0.1, 0.15) is 32.3 Å². The van der Waals surface area contributed by atoms with Gasteiger partial charge in [0.1, 0.15) is 11.5 Å². The van der Waals surface area contributed by atoms with Crippen LogP contribution < -0.4 is 0 Å². The minimum atomic E-state index is -0.00296. The fraction of sp³-hybridized carbons (Fsp3) is 0.417. The van der Waals surface area contributed by atoms with Gasteiger partial charge in [-0.05, 0) is 30.5 Å². The summed E-state index contributed by atoms with van der Waals surface area (Å²) >= 11 is 0. The highest BCUT2D eigenvalue weighted by molar-refractivity contribution is 5.78. The van der Waals surface area contributed by atoms with Crippen molar-refractivity contribution >= 4 is 5.78 Å². The average molecular weight is 192 g/mol. The highest BCUT2D eigenvalue weighted by atomic mass is 16.3. The third-order valence-corrected chi connectivity index (χ3v) is 2.79. The van der Waals surface area contributed by atoms with Crippen LogP contribution in [0.4, 0.5) is 0 Å². The monoisotopic (exact) mass is 192 g/mol. The number of aromatic hydroxyl groups is 1. The second-order valence-corrected chi connectivity index (χ2v) is 3.78. The summed E-state index contributed by atoms with van der Waals surface area (Å²) in [6.45, 7) is 5.52. The Morgan fingerprint density at radius 2 is 2.00 bits per heavy atom. The molecular formula is C12H16O2. The van der Waals surface area contributed by atoms with Crippen molar-refractivity contribution in [3.63, 3.8) is 0 Å². The Bertz CT molecular complexity index is 331. The van der Waals surface area contributed by atoms with Crippen LogP contribution in [0.3, 0.4) is 0 Å². The molecular weight excluding hydrogens is 176 g/mol. The number of carbonyl (C=O) groups excluding carboxylic acids is 1. The zero-order chi connectivity index (χ0) is 10.7. The Morgan fingerprint density at radius 3 is 2.50 bits per heavy atom. The lowest BCUT2D eigenvalue weighted by molar-refractivity contribution is -0.120. The number of benzene rings is 1. The van der Waals surface area contributed by atoms with Gasteiger partial charge in [-0.2, -0.15) is 0 Å². The van der Waals surface area contributed by atoms with Crippen molar-refractivity contribution in [2.24, 2.45) is 5.92 Å². The van der Waals surface area contributed by atoms with Crippen molar-refractivity contribution in [3.05, 3.63) is 29.8 Å². The molecule has 1 rings (SSSR count). The number of phenols is 1. The minimum Gasteiger partial charge on any atom is -0.508 e. The molecule has 2 nitrogen and oxygen atoms in total. The van der Waals surface area contributed by atoms with E-state index in [1.165, 1.54) is 0 Å². The van der Waals surface area contributed by atoms with Gasteiger partial charge >= 0.3 is 0 Å². The van der Waals surface area contributed by atoms with Crippen molar-refractivity contribution in [1.82, 2.24) is 0 Å². The second kappa shape index (κ2) is 4.27. The molecule has 0 bridgehead atoms. The smallest absolute Gasteiger partial charge is 0.133 e. The highest BCUT2D eigenvalue weighted by Gasteiger charge is 2.18. The van der Waals surface area contributed by atoms with Gasteiger partial charge in [0.25, 0.3) is 0 Å². The fourth-order valence-electron chi connectivity index (χ4n) is 1.45. The van der Waals surface area contributed by atoms with E-state index >= 15 is 0 Å². The van der Waals surface area contributed by atoms with Gasteiger partial charge < -0.3 is 5.11 Å². The molecule has 0 spiro atoms. The SMILES string of the molecule is CC(=O)C(C)C(C)c1cccc(O)c1. The van der Waals surface area contributed by atoms with E-state index in [1.807, 2.05) is 19.9 Å². The molecule has 0 aliphatic carbocycles. The molecule has 0 heterocycles. The number of hydrogen-bond acceptors (Lipinski definition) is 2. The molecule has 0 amide bonds. The number of ketones is 1. The molecule has 2 atom stereocenters. The molecule has 0 aliphatic rings. The van der Waals surface area contributed by atoms with Gasteiger partial charge in [-0.25, -0.2) is 0 Å². The summed E-state index contributed by atoms with van der Waals surface area (Å²) in [6, 6.07) is 7.08. The summed E-state index contributed by atoms with van der Waals surface area (Å²) in [7, 11) is 0. The van der Waals surface area contributed by atoms with Crippen LogP contribution in [-0.4, -0.2) is 10.9 Å². The molecule has 0 saturated carbocycles. The van der Waals surface area contributed by atoms with Crippen LogP contribution in [-0.2, 0) is 4.79 Å². The normalized spacial score (nSPS) is 14.8. The van der Waals surface area contributed by atoms with E-state index < -0.39 is 0 Å². The molecule has 14 heavy (non-hydrogen) atoms. The van der Waals surface area contributed by atoms with Gasteiger partial charge in [-0.1, -0.05) is 26.0 Å². The topological polar surface area (TPSA) is 37.3 Å². The van der Waals surface area contributed by atoms with E-state index in [4.69, 9.17) is 0 Å². The molecule has 1 N–H and O–H groups in total. The third-order valence-electron chi connectivity index (χ3n) is 2.79. The van der Waals surface area contributed by atoms with Crippen LogP contribution in [0, 0.1) is 5.92 Å². The van der Waals surface area contributed by atoms with Crippen LogP contribution in [0.2, 0.25) is 0 Å². The number of Topliss-reactive ketones (excluding diaryl/α,β-unsaturated/α-hetero) is 1. The van der Waals surface area contributed by atoms with Crippen LogP contribution in [0.5, 0.6) is 5.75 Å². The summed E-state index contributed by atoms with van der Waals surface area (Å²) in [4.78, 5) is 11.2. The molecule has 1 aromatic carbocycles. The van der Waals surface area contributed by atoms with Crippen LogP contribution in [0.25, 0.3) is 0 Å². The van der Waals surface area contributed by atoms with Crippen molar-refractivity contribution in [3.8, 4) is 5.75 Å². The predicted octanol–water partition coefficient (Wildman–Crippen LogP) is 2.72. The lowest BCUT2D eigenvalue weighted by Gasteiger charge is -2.17. The molecule has 76 valence electrons. The second-order valence-electron chi connectivity index (χ2n) is 3.78. The fourth-order valence-corrected chi connectivity index (χ4v) is 1.45. The molecule has 0 fully saturated rings. The number of rotatable bonds is 3. The van der Waals surface area contributed by atoms with Crippen molar-refractivity contribution in [2.75, 3.05) is 0 Å². The zero-order valence-electron chi connectivity index (χ0n) is 8.82. The maximum absolute atomic E-state index is 11.2. The van der Waals surface area contributed by atoms with E-state index in [0.29, 0.717) is 0 Å². The van der Waals surface area contributed by atoms with Gasteiger partial charge in [0.15, 0.2) is 0 Å².